The van der Waals surface area contributed by atoms with Crippen LogP contribution in [0.15, 0.2) is 78.0 Å². The Morgan fingerprint density at radius 2 is 1.93 bits per heavy atom. The number of phenolic OH excluding ortho intramolecular Hbond substituents is 1. The van der Waals surface area contributed by atoms with E-state index < -0.39 is 5.91 Å². The molecular formula is C24H20ClN3O2. The fraction of sp³-hybridized carbons (Fsp3) is 0.0833. The number of amides is 1. The lowest BCUT2D eigenvalue weighted by atomic mass is 10.1. The maximum absolute atomic E-state index is 12.2. The smallest absolute Gasteiger partial charge is 0.271 e. The molecule has 0 aliphatic rings. The minimum Gasteiger partial charge on any atom is -0.506 e. The van der Waals surface area contributed by atoms with Gasteiger partial charge in [-0.2, -0.15) is 5.10 Å². The molecule has 1 amide bonds. The summed E-state index contributed by atoms with van der Waals surface area (Å²) >= 11 is 5.85. The van der Waals surface area contributed by atoms with E-state index in [-0.39, 0.29) is 10.8 Å². The van der Waals surface area contributed by atoms with Gasteiger partial charge in [0.1, 0.15) is 5.75 Å². The Labute approximate surface area is 179 Å². The highest BCUT2D eigenvalue weighted by molar-refractivity contribution is 6.32. The zero-order valence-corrected chi connectivity index (χ0v) is 17.1. The average Bonchev–Trinajstić information content (AvgIpc) is 3.15. The Morgan fingerprint density at radius 1 is 1.13 bits per heavy atom. The number of hydrogen-bond acceptors (Lipinski definition) is 3. The number of rotatable bonds is 5. The third-order valence-corrected chi connectivity index (χ3v) is 5.20. The lowest BCUT2D eigenvalue weighted by Crippen LogP contribution is -2.17. The number of halogens is 1. The van der Waals surface area contributed by atoms with E-state index in [0.717, 1.165) is 23.0 Å². The molecule has 5 nitrogen and oxygen atoms in total. The molecular weight excluding hydrogens is 398 g/mol. The van der Waals surface area contributed by atoms with Gasteiger partial charge in [0.25, 0.3) is 5.91 Å². The van der Waals surface area contributed by atoms with Crippen LogP contribution in [-0.2, 0) is 6.54 Å². The Hall–Kier alpha value is -3.57. The molecule has 0 saturated heterocycles. The summed E-state index contributed by atoms with van der Waals surface area (Å²) in [6.45, 7) is 2.86. The predicted octanol–water partition coefficient (Wildman–Crippen LogP) is 5.12. The normalized spacial score (nSPS) is 11.3. The summed E-state index contributed by atoms with van der Waals surface area (Å²) in [7, 11) is 0. The average molecular weight is 418 g/mol. The van der Waals surface area contributed by atoms with Crippen LogP contribution >= 0.6 is 11.6 Å². The van der Waals surface area contributed by atoms with Crippen LogP contribution in [0.25, 0.3) is 10.9 Å². The highest BCUT2D eigenvalue weighted by Crippen LogP contribution is 2.23. The van der Waals surface area contributed by atoms with Crippen molar-refractivity contribution in [2.45, 2.75) is 13.5 Å². The Morgan fingerprint density at radius 3 is 2.70 bits per heavy atom. The van der Waals surface area contributed by atoms with E-state index in [1.165, 1.54) is 29.3 Å². The molecule has 2 N–H and O–H groups in total. The molecule has 6 heteroatoms. The lowest BCUT2D eigenvalue weighted by molar-refractivity contribution is 0.0955. The predicted molar refractivity (Wildman–Crippen MR) is 120 cm³/mol. The fourth-order valence-electron chi connectivity index (χ4n) is 3.26. The van der Waals surface area contributed by atoms with Crippen molar-refractivity contribution in [3.05, 3.63) is 100 Å². The maximum Gasteiger partial charge on any atom is 0.271 e. The molecule has 0 radical (unpaired) electrons. The molecule has 0 atom stereocenters. The number of aryl methyl sites for hydroxylation is 1. The number of hydrogen-bond donors (Lipinski definition) is 2. The number of carbonyl (C=O) groups excluding carboxylic acids is 1. The van der Waals surface area contributed by atoms with Crippen LogP contribution in [0, 0.1) is 6.92 Å². The van der Waals surface area contributed by atoms with Gasteiger partial charge in [-0.05, 0) is 42.8 Å². The van der Waals surface area contributed by atoms with Crippen molar-refractivity contribution >= 4 is 34.6 Å². The van der Waals surface area contributed by atoms with Crippen LogP contribution in [0.4, 0.5) is 0 Å². The molecule has 3 aromatic carbocycles. The largest absolute Gasteiger partial charge is 0.506 e. The maximum atomic E-state index is 12.2. The minimum absolute atomic E-state index is 0.0708. The summed E-state index contributed by atoms with van der Waals surface area (Å²) in [5, 5.41) is 14.7. The van der Waals surface area contributed by atoms with E-state index in [1.54, 1.807) is 6.21 Å². The first-order valence-corrected chi connectivity index (χ1v) is 9.84. The second kappa shape index (κ2) is 8.43. The third-order valence-electron chi connectivity index (χ3n) is 4.90. The lowest BCUT2D eigenvalue weighted by Gasteiger charge is -2.07. The molecule has 4 rings (SSSR count). The topological polar surface area (TPSA) is 66.6 Å². The Bertz CT molecular complexity index is 1240. The van der Waals surface area contributed by atoms with E-state index in [0.29, 0.717) is 5.56 Å². The first-order valence-electron chi connectivity index (χ1n) is 9.46. The van der Waals surface area contributed by atoms with Crippen molar-refractivity contribution in [1.82, 2.24) is 9.99 Å². The Balaban J connectivity index is 1.51. The highest BCUT2D eigenvalue weighted by atomic mass is 35.5. The van der Waals surface area contributed by atoms with Crippen molar-refractivity contribution in [3.8, 4) is 5.75 Å². The molecule has 0 aliphatic heterocycles. The molecule has 0 bridgehead atoms. The zero-order valence-electron chi connectivity index (χ0n) is 16.3. The molecule has 1 heterocycles. The summed E-state index contributed by atoms with van der Waals surface area (Å²) in [5.41, 5.74) is 7.28. The first-order chi connectivity index (χ1) is 14.5. The monoisotopic (exact) mass is 417 g/mol. The molecule has 150 valence electrons. The van der Waals surface area contributed by atoms with Crippen molar-refractivity contribution < 1.29 is 9.90 Å². The quantitative estimate of drug-likeness (QED) is 0.349. The molecule has 1 aromatic heterocycles. The van der Waals surface area contributed by atoms with Gasteiger partial charge < -0.3 is 9.67 Å². The number of carbonyl (C=O) groups is 1. The van der Waals surface area contributed by atoms with Gasteiger partial charge in [-0.15, -0.1) is 0 Å². The van der Waals surface area contributed by atoms with Crippen LogP contribution in [-0.4, -0.2) is 21.8 Å². The number of aromatic hydroxyl groups is 1. The molecule has 0 saturated carbocycles. The van der Waals surface area contributed by atoms with Crippen LogP contribution in [0.5, 0.6) is 5.75 Å². The van der Waals surface area contributed by atoms with Crippen molar-refractivity contribution in [3.63, 3.8) is 0 Å². The van der Waals surface area contributed by atoms with Gasteiger partial charge >= 0.3 is 0 Å². The number of nitrogens with zero attached hydrogens (tertiary/aromatic N) is 2. The van der Waals surface area contributed by atoms with E-state index >= 15 is 0 Å². The summed E-state index contributed by atoms with van der Waals surface area (Å²) in [6.07, 6.45) is 3.68. The van der Waals surface area contributed by atoms with Crippen molar-refractivity contribution in [2.24, 2.45) is 5.10 Å². The first kappa shape index (κ1) is 19.7. The third kappa shape index (κ3) is 4.21. The number of nitrogens with one attached hydrogen (secondary N) is 1. The van der Waals surface area contributed by atoms with Crippen LogP contribution in [0.1, 0.15) is 27.0 Å². The molecule has 0 fully saturated rings. The van der Waals surface area contributed by atoms with Gasteiger partial charge in [0.2, 0.25) is 0 Å². The van der Waals surface area contributed by atoms with Crippen LogP contribution in [0.2, 0.25) is 5.02 Å². The van der Waals surface area contributed by atoms with E-state index in [1.807, 2.05) is 18.2 Å². The van der Waals surface area contributed by atoms with E-state index in [9.17, 15) is 9.90 Å². The number of benzene rings is 3. The molecule has 4 aromatic rings. The number of hydrazone groups is 1. The molecule has 0 unspecified atom stereocenters. The number of fused-ring (bicyclic) bond motifs is 1. The molecule has 0 aliphatic carbocycles. The van der Waals surface area contributed by atoms with E-state index in [2.05, 4.69) is 58.5 Å². The Kier molecular flexibility index (Phi) is 5.55. The fourth-order valence-corrected chi connectivity index (χ4v) is 3.44. The SMILES string of the molecule is Cc1ccc(Cn2ccc3c(/C=N/NC(=O)c4ccc(O)c(Cl)c4)cccc32)cc1. The minimum atomic E-state index is -0.405. The van der Waals surface area contributed by atoms with Crippen molar-refractivity contribution in [2.75, 3.05) is 0 Å². The highest BCUT2D eigenvalue weighted by Gasteiger charge is 2.08. The van der Waals surface area contributed by atoms with Gasteiger partial charge in [-0.1, -0.05) is 53.6 Å². The van der Waals surface area contributed by atoms with Crippen LogP contribution in [0.3, 0.4) is 0 Å². The summed E-state index contributed by atoms with van der Waals surface area (Å²) in [6, 6.07) is 20.8. The van der Waals surface area contributed by atoms with Crippen molar-refractivity contribution in [1.29, 1.82) is 0 Å². The summed E-state index contributed by atoms with van der Waals surface area (Å²) < 4.78 is 2.19. The van der Waals surface area contributed by atoms with Gasteiger partial charge in [-0.3, -0.25) is 4.79 Å². The molecule has 0 spiro atoms. The number of phenols is 1. The van der Waals surface area contributed by atoms with Gasteiger partial charge in [0, 0.05) is 34.8 Å². The zero-order chi connectivity index (χ0) is 21.1. The van der Waals surface area contributed by atoms with Crippen LogP contribution < -0.4 is 5.43 Å². The summed E-state index contributed by atoms with van der Waals surface area (Å²) in [4.78, 5) is 12.2. The van der Waals surface area contributed by atoms with Gasteiger partial charge in [-0.25, -0.2) is 5.43 Å². The standard InChI is InChI=1S/C24H20ClN3O2/c1-16-5-7-17(8-6-16)15-28-12-11-20-19(3-2-4-22(20)28)14-26-27-24(30)18-9-10-23(29)21(25)13-18/h2-14,29H,15H2,1H3,(H,27,30)/b26-14+. The van der Waals surface area contributed by atoms with Gasteiger partial charge in [0.05, 0.1) is 11.2 Å². The molecule has 30 heavy (non-hydrogen) atoms. The second-order valence-corrected chi connectivity index (χ2v) is 7.48. The van der Waals surface area contributed by atoms with E-state index in [4.69, 9.17) is 11.6 Å². The van der Waals surface area contributed by atoms with Gasteiger partial charge in [0.15, 0.2) is 0 Å². The number of aromatic nitrogens is 1. The summed E-state index contributed by atoms with van der Waals surface area (Å²) in [5.74, 6) is -0.476. The second-order valence-electron chi connectivity index (χ2n) is 7.07.